The van der Waals surface area contributed by atoms with Crippen molar-refractivity contribution in [3.8, 4) is 0 Å². The number of thiazole rings is 1. The van der Waals surface area contributed by atoms with E-state index in [1.165, 1.54) is 0 Å². The Morgan fingerprint density at radius 1 is 1.53 bits per heavy atom. The predicted octanol–water partition coefficient (Wildman–Crippen LogP) is 3.24. The van der Waals surface area contributed by atoms with Crippen molar-refractivity contribution in [2.75, 3.05) is 7.05 Å². The average molecular weight is 267 g/mol. The molecule has 0 bridgehead atoms. The number of nitrogens with zero attached hydrogens (tertiary/aromatic N) is 2. The number of likely N-dealkylation sites (tertiary alicyclic amines) is 1. The molecule has 0 spiro atoms. The van der Waals surface area contributed by atoms with Gasteiger partial charge in [0, 0.05) is 18.5 Å². The maximum Gasteiger partial charge on any atom is 0.222 e. The molecule has 1 aliphatic rings. The Balaban J connectivity index is 2.04. The van der Waals surface area contributed by atoms with Crippen molar-refractivity contribution in [3.63, 3.8) is 0 Å². The van der Waals surface area contributed by atoms with E-state index < -0.39 is 0 Å². The van der Waals surface area contributed by atoms with Gasteiger partial charge in [-0.3, -0.25) is 4.79 Å². The lowest BCUT2D eigenvalue weighted by atomic mass is 10.2. The summed E-state index contributed by atoms with van der Waals surface area (Å²) in [5.41, 5.74) is 0.960. The normalized spacial score (nSPS) is 20.5. The molecule has 1 fully saturated rings. The Morgan fingerprint density at radius 3 is 3.06 bits per heavy atom. The van der Waals surface area contributed by atoms with Gasteiger partial charge in [-0.25, -0.2) is 4.98 Å². The second-order valence-corrected chi connectivity index (χ2v) is 5.72. The van der Waals surface area contributed by atoms with Gasteiger partial charge in [0.1, 0.15) is 5.01 Å². The van der Waals surface area contributed by atoms with Gasteiger partial charge in [0.05, 0.1) is 16.3 Å². The molecule has 1 atom stereocenters. The van der Waals surface area contributed by atoms with Crippen LogP contribution in [0.25, 0.3) is 10.2 Å². The van der Waals surface area contributed by atoms with Crippen molar-refractivity contribution in [1.29, 1.82) is 0 Å². The van der Waals surface area contributed by atoms with Gasteiger partial charge < -0.3 is 4.90 Å². The highest BCUT2D eigenvalue weighted by atomic mass is 35.5. The van der Waals surface area contributed by atoms with E-state index >= 15 is 0 Å². The molecule has 17 heavy (non-hydrogen) atoms. The van der Waals surface area contributed by atoms with Gasteiger partial charge in [0.15, 0.2) is 0 Å². The molecule has 88 valence electrons. The number of benzene rings is 1. The van der Waals surface area contributed by atoms with Crippen molar-refractivity contribution in [2.24, 2.45) is 0 Å². The molecular formula is C12H11ClN2OS. The van der Waals surface area contributed by atoms with E-state index in [-0.39, 0.29) is 11.9 Å². The monoisotopic (exact) mass is 266 g/mol. The standard InChI is InChI=1S/C12H11ClN2OS/c1-15-9(4-5-11(15)16)12-14-8-3-2-7(13)6-10(8)17-12/h2-3,6,9H,4-5H2,1H3. The molecule has 3 rings (SSSR count). The van der Waals surface area contributed by atoms with Crippen molar-refractivity contribution in [2.45, 2.75) is 18.9 Å². The van der Waals surface area contributed by atoms with Gasteiger partial charge in [-0.2, -0.15) is 0 Å². The summed E-state index contributed by atoms with van der Waals surface area (Å²) in [7, 11) is 1.85. The summed E-state index contributed by atoms with van der Waals surface area (Å²) in [4.78, 5) is 17.9. The van der Waals surface area contributed by atoms with E-state index in [0.717, 1.165) is 26.7 Å². The Kier molecular flexibility index (Phi) is 2.56. The van der Waals surface area contributed by atoms with Gasteiger partial charge in [0.25, 0.3) is 0 Å². The Hall–Kier alpha value is -1.13. The van der Waals surface area contributed by atoms with E-state index in [4.69, 9.17) is 11.6 Å². The molecule has 0 aliphatic carbocycles. The maximum absolute atomic E-state index is 11.5. The molecule has 1 unspecified atom stereocenters. The van der Waals surface area contributed by atoms with Gasteiger partial charge >= 0.3 is 0 Å². The topological polar surface area (TPSA) is 33.2 Å². The zero-order valence-corrected chi connectivity index (χ0v) is 10.9. The van der Waals surface area contributed by atoms with Crippen LogP contribution in [0.1, 0.15) is 23.9 Å². The van der Waals surface area contributed by atoms with Crippen LogP contribution in [0.2, 0.25) is 5.02 Å². The van der Waals surface area contributed by atoms with Crippen LogP contribution in [0.4, 0.5) is 0 Å². The number of carbonyl (C=O) groups is 1. The Morgan fingerprint density at radius 2 is 2.35 bits per heavy atom. The predicted molar refractivity (Wildman–Crippen MR) is 69.4 cm³/mol. The third-order valence-electron chi connectivity index (χ3n) is 3.14. The molecule has 2 aromatic rings. The molecule has 5 heteroatoms. The van der Waals surface area contributed by atoms with Crippen molar-refractivity contribution in [1.82, 2.24) is 9.88 Å². The van der Waals surface area contributed by atoms with Crippen LogP contribution in [0.3, 0.4) is 0 Å². The second kappa shape index (κ2) is 3.96. The summed E-state index contributed by atoms with van der Waals surface area (Å²) in [5, 5.41) is 1.74. The lowest BCUT2D eigenvalue weighted by Gasteiger charge is -2.16. The van der Waals surface area contributed by atoms with Crippen LogP contribution < -0.4 is 0 Å². The number of aromatic nitrogens is 1. The maximum atomic E-state index is 11.5. The fourth-order valence-corrected chi connectivity index (χ4v) is 3.57. The van der Waals surface area contributed by atoms with Crippen LogP contribution in [0.5, 0.6) is 0 Å². The van der Waals surface area contributed by atoms with E-state index in [2.05, 4.69) is 4.98 Å². The number of rotatable bonds is 1. The third-order valence-corrected chi connectivity index (χ3v) is 4.50. The van der Waals surface area contributed by atoms with Gasteiger partial charge in [0.2, 0.25) is 5.91 Å². The van der Waals surface area contributed by atoms with Crippen LogP contribution in [0.15, 0.2) is 18.2 Å². The summed E-state index contributed by atoms with van der Waals surface area (Å²) in [6.45, 7) is 0. The first-order valence-electron chi connectivity index (χ1n) is 5.47. The van der Waals surface area contributed by atoms with Crippen LogP contribution in [-0.2, 0) is 4.79 Å². The van der Waals surface area contributed by atoms with E-state index in [1.54, 1.807) is 16.2 Å². The van der Waals surface area contributed by atoms with E-state index in [0.29, 0.717) is 6.42 Å². The molecule has 3 nitrogen and oxygen atoms in total. The Labute approximate surface area is 108 Å². The summed E-state index contributed by atoms with van der Waals surface area (Å²) in [5.74, 6) is 0.201. The number of amides is 1. The fourth-order valence-electron chi connectivity index (χ4n) is 2.15. The van der Waals surface area contributed by atoms with Gasteiger partial charge in [-0.15, -0.1) is 11.3 Å². The SMILES string of the molecule is CN1C(=O)CCC1c1nc2ccc(Cl)cc2s1. The average Bonchev–Trinajstić information content (AvgIpc) is 2.83. The first kappa shape index (κ1) is 11.0. The minimum atomic E-state index is 0.138. The second-order valence-electron chi connectivity index (χ2n) is 4.22. The summed E-state index contributed by atoms with van der Waals surface area (Å²) < 4.78 is 1.08. The third kappa shape index (κ3) is 1.81. The molecule has 1 aromatic heterocycles. The fraction of sp³-hybridized carbons (Fsp3) is 0.333. The minimum Gasteiger partial charge on any atom is -0.336 e. The van der Waals surface area contributed by atoms with Crippen molar-refractivity contribution < 1.29 is 4.79 Å². The number of hydrogen-bond donors (Lipinski definition) is 0. The molecular weight excluding hydrogens is 256 g/mol. The Bertz CT molecular complexity index is 595. The lowest BCUT2D eigenvalue weighted by Crippen LogP contribution is -2.22. The summed E-state index contributed by atoms with van der Waals surface area (Å²) in [6.07, 6.45) is 1.49. The molecule has 1 saturated heterocycles. The molecule has 0 radical (unpaired) electrons. The molecule has 0 N–H and O–H groups in total. The number of fused-ring (bicyclic) bond motifs is 1. The van der Waals surface area contributed by atoms with E-state index in [1.807, 2.05) is 25.2 Å². The van der Waals surface area contributed by atoms with Crippen molar-refractivity contribution >= 4 is 39.1 Å². The highest BCUT2D eigenvalue weighted by molar-refractivity contribution is 7.18. The number of halogens is 1. The number of hydrogen-bond acceptors (Lipinski definition) is 3. The zero-order valence-electron chi connectivity index (χ0n) is 9.31. The van der Waals surface area contributed by atoms with Crippen LogP contribution >= 0.6 is 22.9 Å². The van der Waals surface area contributed by atoms with Crippen molar-refractivity contribution in [3.05, 3.63) is 28.2 Å². The van der Waals surface area contributed by atoms with Crippen LogP contribution in [-0.4, -0.2) is 22.8 Å². The largest absolute Gasteiger partial charge is 0.336 e. The summed E-state index contributed by atoms with van der Waals surface area (Å²) >= 11 is 7.58. The summed E-state index contributed by atoms with van der Waals surface area (Å²) in [6, 6.07) is 5.83. The molecule has 0 saturated carbocycles. The van der Waals surface area contributed by atoms with Gasteiger partial charge in [-0.1, -0.05) is 11.6 Å². The first-order chi connectivity index (χ1) is 8.15. The quantitative estimate of drug-likeness (QED) is 0.794. The number of carbonyl (C=O) groups excluding carboxylic acids is 1. The highest BCUT2D eigenvalue weighted by Gasteiger charge is 2.31. The zero-order chi connectivity index (χ0) is 12.0. The molecule has 2 heterocycles. The van der Waals surface area contributed by atoms with E-state index in [9.17, 15) is 4.79 Å². The smallest absolute Gasteiger partial charge is 0.222 e. The lowest BCUT2D eigenvalue weighted by molar-refractivity contribution is -0.127. The molecule has 1 amide bonds. The minimum absolute atomic E-state index is 0.138. The molecule has 1 aromatic carbocycles. The van der Waals surface area contributed by atoms with Crippen LogP contribution in [0, 0.1) is 0 Å². The van der Waals surface area contributed by atoms with Gasteiger partial charge in [-0.05, 0) is 24.6 Å². The molecule has 1 aliphatic heterocycles. The highest BCUT2D eigenvalue weighted by Crippen LogP contribution is 2.36. The first-order valence-corrected chi connectivity index (χ1v) is 6.66.